The Morgan fingerprint density at radius 3 is 2.00 bits per heavy atom. The molecule has 2 aromatic rings. The van der Waals surface area contributed by atoms with Crippen molar-refractivity contribution in [1.29, 1.82) is 0 Å². The van der Waals surface area contributed by atoms with Gasteiger partial charge in [0.15, 0.2) is 0 Å². The van der Waals surface area contributed by atoms with E-state index in [1.54, 1.807) is 0 Å². The molecule has 0 spiro atoms. The zero-order valence-electron chi connectivity index (χ0n) is 11.7. The maximum atomic E-state index is 3.91. The van der Waals surface area contributed by atoms with Crippen LogP contribution in [0.25, 0.3) is 0 Å². The Morgan fingerprint density at radius 1 is 0.947 bits per heavy atom. The van der Waals surface area contributed by atoms with E-state index in [4.69, 9.17) is 0 Å². The number of benzene rings is 2. The highest BCUT2D eigenvalue weighted by atomic mass is 127. The summed E-state index contributed by atoms with van der Waals surface area (Å²) in [4.78, 5) is 0.263. The lowest BCUT2D eigenvalue weighted by atomic mass is 9.90. The molecular weight excluding hydrogens is 411 g/mol. The molecule has 0 saturated heterocycles. The molecule has 0 nitrogen and oxygen atoms in total. The Kier molecular flexibility index (Phi) is 4.72. The van der Waals surface area contributed by atoms with Crippen molar-refractivity contribution in [3.8, 4) is 0 Å². The first-order valence-electron chi connectivity index (χ1n) is 6.39. The molecule has 0 N–H and O–H groups in total. The Hall–Kier alpha value is -0.350. The van der Waals surface area contributed by atoms with Crippen molar-refractivity contribution in [1.82, 2.24) is 0 Å². The van der Waals surface area contributed by atoms with Gasteiger partial charge in [0, 0.05) is 3.57 Å². The second kappa shape index (κ2) is 5.96. The van der Waals surface area contributed by atoms with Crippen molar-refractivity contribution >= 4 is 38.5 Å². The van der Waals surface area contributed by atoms with Crippen LogP contribution in [0.2, 0.25) is 0 Å². The molecule has 2 heteroatoms. The van der Waals surface area contributed by atoms with Gasteiger partial charge in [-0.15, -0.1) is 0 Å². The molecule has 0 amide bonds. The van der Waals surface area contributed by atoms with E-state index in [-0.39, 0.29) is 4.83 Å². The third-order valence-electron chi connectivity index (χ3n) is 3.86. The van der Waals surface area contributed by atoms with E-state index >= 15 is 0 Å². The molecule has 2 aromatic carbocycles. The van der Waals surface area contributed by atoms with Crippen LogP contribution in [0.3, 0.4) is 0 Å². The normalized spacial score (nSPS) is 12.5. The predicted molar refractivity (Wildman–Crippen MR) is 95.3 cm³/mol. The summed E-state index contributed by atoms with van der Waals surface area (Å²) in [6, 6.07) is 10.9. The lowest BCUT2D eigenvalue weighted by molar-refractivity contribution is 1.07. The molecule has 1 unspecified atom stereocenters. The zero-order valence-corrected chi connectivity index (χ0v) is 15.5. The second-order valence-corrected chi connectivity index (χ2v) is 7.14. The number of aryl methyl sites for hydroxylation is 2. The molecule has 0 radical (unpaired) electrons. The Balaban J connectivity index is 2.63. The number of halogens is 2. The monoisotopic (exact) mass is 428 g/mol. The molecule has 0 aliphatic rings. The standard InChI is InChI=1S/C17H18BrI/c1-10-9-11(2)13(4)16(12(10)3)17(18)14-7-5-6-8-15(14)19/h5-9,17H,1-4H3. The minimum Gasteiger partial charge on any atom is -0.0786 e. The molecule has 0 aliphatic heterocycles. The summed E-state index contributed by atoms with van der Waals surface area (Å²) in [6.45, 7) is 8.84. The fourth-order valence-electron chi connectivity index (χ4n) is 2.46. The number of rotatable bonds is 2. The van der Waals surface area contributed by atoms with Gasteiger partial charge in [0.2, 0.25) is 0 Å². The van der Waals surface area contributed by atoms with Gasteiger partial charge in [-0.2, -0.15) is 0 Å². The first kappa shape index (κ1) is 15.0. The van der Waals surface area contributed by atoms with Gasteiger partial charge in [-0.3, -0.25) is 0 Å². The van der Waals surface area contributed by atoms with E-state index in [9.17, 15) is 0 Å². The summed E-state index contributed by atoms with van der Waals surface area (Å²) in [5.41, 5.74) is 8.29. The van der Waals surface area contributed by atoms with Crippen LogP contribution < -0.4 is 0 Å². The minimum atomic E-state index is 0.263. The van der Waals surface area contributed by atoms with Crippen LogP contribution in [-0.4, -0.2) is 0 Å². The molecular formula is C17H18BrI. The van der Waals surface area contributed by atoms with Gasteiger partial charge in [-0.1, -0.05) is 40.2 Å². The average molecular weight is 429 g/mol. The zero-order chi connectivity index (χ0) is 14.2. The van der Waals surface area contributed by atoms with E-state index in [0.29, 0.717) is 0 Å². The van der Waals surface area contributed by atoms with Gasteiger partial charge in [0.25, 0.3) is 0 Å². The summed E-state index contributed by atoms with van der Waals surface area (Å²) in [6.07, 6.45) is 0. The summed E-state index contributed by atoms with van der Waals surface area (Å²) in [5, 5.41) is 0. The third-order valence-corrected chi connectivity index (χ3v) is 5.79. The summed E-state index contributed by atoms with van der Waals surface area (Å²) in [7, 11) is 0. The van der Waals surface area contributed by atoms with Gasteiger partial charge in [-0.05, 0) is 89.7 Å². The summed E-state index contributed by atoms with van der Waals surface area (Å²) in [5.74, 6) is 0. The Morgan fingerprint density at radius 2 is 1.47 bits per heavy atom. The van der Waals surface area contributed by atoms with E-state index in [1.165, 1.54) is 37.0 Å². The van der Waals surface area contributed by atoms with Crippen LogP contribution in [0, 0.1) is 31.3 Å². The fraction of sp³-hybridized carbons (Fsp3) is 0.294. The fourth-order valence-corrected chi connectivity index (χ4v) is 4.68. The number of hydrogen-bond donors (Lipinski definition) is 0. The molecule has 0 bridgehead atoms. The maximum absolute atomic E-state index is 3.91. The Bertz CT molecular complexity index is 591. The van der Waals surface area contributed by atoms with E-state index < -0.39 is 0 Å². The molecule has 1 atom stereocenters. The van der Waals surface area contributed by atoms with Crippen LogP contribution in [-0.2, 0) is 0 Å². The van der Waals surface area contributed by atoms with Crippen LogP contribution in [0.4, 0.5) is 0 Å². The molecule has 100 valence electrons. The highest BCUT2D eigenvalue weighted by Gasteiger charge is 2.19. The van der Waals surface area contributed by atoms with Crippen LogP contribution in [0.1, 0.15) is 38.2 Å². The topological polar surface area (TPSA) is 0 Å². The molecule has 0 heterocycles. The maximum Gasteiger partial charge on any atom is 0.0660 e. The summed E-state index contributed by atoms with van der Waals surface area (Å²) >= 11 is 6.32. The van der Waals surface area contributed by atoms with E-state index in [1.807, 2.05) is 0 Å². The van der Waals surface area contributed by atoms with Crippen molar-refractivity contribution in [3.05, 3.63) is 67.3 Å². The molecule has 0 fully saturated rings. The lowest BCUT2D eigenvalue weighted by Gasteiger charge is -2.21. The minimum absolute atomic E-state index is 0.263. The highest BCUT2D eigenvalue weighted by Crippen LogP contribution is 2.38. The van der Waals surface area contributed by atoms with E-state index in [0.717, 1.165) is 0 Å². The van der Waals surface area contributed by atoms with Crippen molar-refractivity contribution in [2.75, 3.05) is 0 Å². The summed E-state index contributed by atoms with van der Waals surface area (Å²) < 4.78 is 1.31. The average Bonchev–Trinajstić information content (AvgIpc) is 2.37. The molecule has 0 aliphatic carbocycles. The van der Waals surface area contributed by atoms with Crippen molar-refractivity contribution < 1.29 is 0 Å². The van der Waals surface area contributed by atoms with Gasteiger partial charge in [-0.25, -0.2) is 0 Å². The predicted octanol–water partition coefficient (Wildman–Crippen LogP) is 6.01. The largest absolute Gasteiger partial charge is 0.0786 e. The highest BCUT2D eigenvalue weighted by molar-refractivity contribution is 14.1. The van der Waals surface area contributed by atoms with Crippen molar-refractivity contribution in [2.24, 2.45) is 0 Å². The van der Waals surface area contributed by atoms with Crippen LogP contribution >= 0.6 is 38.5 Å². The van der Waals surface area contributed by atoms with Crippen LogP contribution in [0.5, 0.6) is 0 Å². The SMILES string of the molecule is Cc1cc(C)c(C)c(C(Br)c2ccccc2I)c1C. The number of alkyl halides is 1. The smallest absolute Gasteiger partial charge is 0.0660 e. The number of hydrogen-bond acceptors (Lipinski definition) is 0. The molecule has 0 aromatic heterocycles. The molecule has 0 saturated carbocycles. The Labute approximate surface area is 137 Å². The molecule has 2 rings (SSSR count). The van der Waals surface area contributed by atoms with Crippen LogP contribution in [0.15, 0.2) is 30.3 Å². The first-order chi connectivity index (χ1) is 8.93. The second-order valence-electron chi connectivity index (χ2n) is 5.06. The third kappa shape index (κ3) is 2.89. The van der Waals surface area contributed by atoms with Gasteiger partial charge in [0.05, 0.1) is 4.83 Å². The van der Waals surface area contributed by atoms with Gasteiger partial charge >= 0.3 is 0 Å². The van der Waals surface area contributed by atoms with Gasteiger partial charge in [0.1, 0.15) is 0 Å². The first-order valence-corrected chi connectivity index (χ1v) is 8.38. The van der Waals surface area contributed by atoms with Crippen molar-refractivity contribution in [3.63, 3.8) is 0 Å². The van der Waals surface area contributed by atoms with Gasteiger partial charge < -0.3 is 0 Å². The molecule has 19 heavy (non-hydrogen) atoms. The lowest BCUT2D eigenvalue weighted by Crippen LogP contribution is -2.04. The van der Waals surface area contributed by atoms with Crippen molar-refractivity contribution in [2.45, 2.75) is 32.5 Å². The van der Waals surface area contributed by atoms with E-state index in [2.05, 4.69) is 96.5 Å². The quantitative estimate of drug-likeness (QED) is 0.405.